The first-order chi connectivity index (χ1) is 19.2. The van der Waals surface area contributed by atoms with Crippen LogP contribution >= 0.6 is 0 Å². The first kappa shape index (κ1) is 26.9. The molecule has 1 atom stereocenters. The lowest BCUT2D eigenvalue weighted by atomic mass is 9.70. The Morgan fingerprint density at radius 3 is 2.62 bits per heavy atom. The van der Waals surface area contributed by atoms with Gasteiger partial charge in [-0.05, 0) is 44.2 Å². The van der Waals surface area contributed by atoms with Crippen LogP contribution in [-0.2, 0) is 4.79 Å². The highest BCUT2D eigenvalue weighted by Gasteiger charge is 2.41. The molecule has 5 rings (SSSR count). The molecule has 12 heteroatoms. The maximum Gasteiger partial charge on any atom is 0.227 e. The molecule has 0 unspecified atom stereocenters. The van der Waals surface area contributed by atoms with E-state index in [9.17, 15) is 14.4 Å². The van der Waals surface area contributed by atoms with E-state index in [0.29, 0.717) is 55.8 Å². The number of hydrogen-bond acceptors (Lipinski definition) is 9. The van der Waals surface area contributed by atoms with Crippen molar-refractivity contribution in [3.63, 3.8) is 0 Å². The Hall–Kier alpha value is -4.66. The average Bonchev–Trinajstić information content (AvgIpc) is 3.56. The SMILES string of the molecule is Cc1cc(Nc2cc(C)[nH]n2)nc(N2CCC(CC#N)(C(=O)C[C@@H](C)c3ccc(-n4cc(F)cn4)nc3)CC2)n1. The lowest BCUT2D eigenvalue weighted by Crippen LogP contribution is -2.45. The van der Waals surface area contributed by atoms with E-state index >= 15 is 0 Å². The Morgan fingerprint density at radius 1 is 1.20 bits per heavy atom. The fourth-order valence-corrected chi connectivity index (χ4v) is 5.08. The molecule has 0 bridgehead atoms. The van der Waals surface area contributed by atoms with Crippen LogP contribution in [0.15, 0.2) is 42.9 Å². The standard InChI is InChI=1S/C28H31FN10O/c1-18(21-4-5-26(31-15-21)39-17-22(29)16-32-39)12-23(40)28(6-9-30)7-10-38(11-8-28)27-33-19(2)13-24(35-27)34-25-14-20(3)36-37-25/h4-5,13-18H,6-8,10-12H2,1-3H3,(H2,33,34,35,36,37)/t18-/m1/s1. The molecule has 0 aromatic carbocycles. The molecule has 1 aliphatic heterocycles. The second-order valence-corrected chi connectivity index (χ2v) is 10.4. The van der Waals surface area contributed by atoms with Gasteiger partial charge < -0.3 is 10.2 Å². The van der Waals surface area contributed by atoms with Gasteiger partial charge in [-0.25, -0.2) is 19.0 Å². The number of anilines is 3. The van der Waals surface area contributed by atoms with Crippen LogP contribution in [0.5, 0.6) is 0 Å². The highest BCUT2D eigenvalue weighted by molar-refractivity contribution is 5.86. The molecule has 5 heterocycles. The number of aromatic nitrogens is 7. The third-order valence-corrected chi connectivity index (χ3v) is 7.43. The molecule has 0 radical (unpaired) electrons. The summed E-state index contributed by atoms with van der Waals surface area (Å²) in [4.78, 5) is 29.4. The number of hydrogen-bond donors (Lipinski definition) is 2. The summed E-state index contributed by atoms with van der Waals surface area (Å²) in [5.74, 6) is 1.96. The Balaban J connectivity index is 1.24. The molecule has 206 valence electrons. The van der Waals surface area contributed by atoms with Gasteiger partial charge in [0.15, 0.2) is 17.5 Å². The fourth-order valence-electron chi connectivity index (χ4n) is 5.08. The molecule has 0 saturated carbocycles. The minimum Gasteiger partial charge on any atom is -0.341 e. The number of Topliss-reactive ketones (excluding diaryl/α,β-unsaturated/α-hetero) is 1. The van der Waals surface area contributed by atoms with Gasteiger partial charge in [-0.15, -0.1) is 0 Å². The van der Waals surface area contributed by atoms with E-state index in [2.05, 4.69) is 46.5 Å². The molecule has 11 nitrogen and oxygen atoms in total. The zero-order valence-corrected chi connectivity index (χ0v) is 22.7. The molecule has 1 saturated heterocycles. The van der Waals surface area contributed by atoms with Crippen LogP contribution in [0.4, 0.5) is 22.0 Å². The number of halogens is 1. The van der Waals surface area contributed by atoms with E-state index in [1.165, 1.54) is 10.9 Å². The summed E-state index contributed by atoms with van der Waals surface area (Å²) in [6.45, 7) is 6.96. The van der Waals surface area contributed by atoms with Crippen molar-refractivity contribution in [1.82, 2.24) is 34.9 Å². The summed E-state index contributed by atoms with van der Waals surface area (Å²) in [6, 6.07) is 9.65. The molecule has 0 amide bonds. The van der Waals surface area contributed by atoms with E-state index in [1.54, 1.807) is 12.3 Å². The Kier molecular flexibility index (Phi) is 7.55. The predicted octanol–water partition coefficient (Wildman–Crippen LogP) is 4.54. The highest BCUT2D eigenvalue weighted by Crippen LogP contribution is 2.39. The lowest BCUT2D eigenvalue weighted by molar-refractivity contribution is -0.130. The van der Waals surface area contributed by atoms with Crippen LogP contribution in [0.25, 0.3) is 5.82 Å². The van der Waals surface area contributed by atoms with Gasteiger partial charge in [-0.1, -0.05) is 13.0 Å². The Bertz CT molecular complexity index is 1530. The van der Waals surface area contributed by atoms with E-state index in [4.69, 9.17) is 0 Å². The maximum atomic E-state index is 13.6. The molecule has 4 aromatic rings. The van der Waals surface area contributed by atoms with Crippen molar-refractivity contribution in [2.45, 2.75) is 52.4 Å². The van der Waals surface area contributed by atoms with Crippen LogP contribution < -0.4 is 10.2 Å². The number of H-pyrrole nitrogens is 1. The third kappa shape index (κ3) is 5.83. The van der Waals surface area contributed by atoms with Gasteiger partial charge >= 0.3 is 0 Å². The summed E-state index contributed by atoms with van der Waals surface area (Å²) in [5, 5.41) is 23.9. The monoisotopic (exact) mass is 542 g/mol. The smallest absolute Gasteiger partial charge is 0.227 e. The highest BCUT2D eigenvalue weighted by atomic mass is 19.1. The number of nitrogens with zero attached hydrogens (tertiary/aromatic N) is 8. The summed E-state index contributed by atoms with van der Waals surface area (Å²) >= 11 is 0. The van der Waals surface area contributed by atoms with Crippen molar-refractivity contribution in [3.8, 4) is 11.9 Å². The topological polar surface area (TPSA) is 141 Å². The van der Waals surface area contributed by atoms with Crippen molar-refractivity contribution < 1.29 is 9.18 Å². The van der Waals surface area contributed by atoms with Crippen molar-refractivity contribution in [2.24, 2.45) is 5.41 Å². The Labute approximate surface area is 231 Å². The molecular weight excluding hydrogens is 511 g/mol. The molecule has 1 aliphatic rings. The predicted molar refractivity (Wildman–Crippen MR) is 147 cm³/mol. The lowest BCUT2D eigenvalue weighted by Gasteiger charge is -2.40. The molecule has 4 aromatic heterocycles. The zero-order chi connectivity index (χ0) is 28.3. The van der Waals surface area contributed by atoms with E-state index in [-0.39, 0.29) is 18.1 Å². The van der Waals surface area contributed by atoms with Crippen molar-refractivity contribution >= 4 is 23.4 Å². The van der Waals surface area contributed by atoms with Gasteiger partial charge in [0.2, 0.25) is 5.95 Å². The molecule has 0 spiro atoms. The minimum absolute atomic E-state index is 0.0841. The molecule has 1 fully saturated rings. The number of aromatic amines is 1. The molecule has 0 aliphatic carbocycles. The van der Waals surface area contributed by atoms with Gasteiger partial charge in [0.25, 0.3) is 0 Å². The number of pyridine rings is 1. The van der Waals surface area contributed by atoms with Gasteiger partial charge in [-0.3, -0.25) is 9.89 Å². The second-order valence-electron chi connectivity index (χ2n) is 10.4. The average molecular weight is 543 g/mol. The second kappa shape index (κ2) is 11.2. The minimum atomic E-state index is -0.711. The third-order valence-electron chi connectivity index (χ3n) is 7.43. The number of piperidine rings is 1. The fraction of sp³-hybridized carbons (Fsp3) is 0.393. The van der Waals surface area contributed by atoms with Crippen molar-refractivity contribution in [1.29, 1.82) is 5.26 Å². The normalized spacial score (nSPS) is 15.4. The van der Waals surface area contributed by atoms with Gasteiger partial charge in [-0.2, -0.15) is 20.4 Å². The van der Waals surface area contributed by atoms with Gasteiger partial charge in [0, 0.05) is 61.1 Å². The first-order valence-corrected chi connectivity index (χ1v) is 13.2. The quantitative estimate of drug-likeness (QED) is 0.312. The number of rotatable bonds is 9. The van der Waals surface area contributed by atoms with Crippen molar-refractivity contribution in [2.75, 3.05) is 23.3 Å². The first-order valence-electron chi connectivity index (χ1n) is 13.2. The van der Waals surface area contributed by atoms with Gasteiger partial charge in [0.05, 0.1) is 18.5 Å². The molecular formula is C28H31FN10O. The van der Waals surface area contributed by atoms with E-state index in [0.717, 1.165) is 23.1 Å². The number of nitriles is 1. The molecule has 2 N–H and O–H groups in total. The van der Waals surface area contributed by atoms with Crippen LogP contribution in [0.3, 0.4) is 0 Å². The van der Waals surface area contributed by atoms with Gasteiger partial charge in [0.1, 0.15) is 11.6 Å². The number of aryl methyl sites for hydroxylation is 2. The summed E-state index contributed by atoms with van der Waals surface area (Å²) in [7, 11) is 0. The van der Waals surface area contributed by atoms with Crippen LogP contribution in [0, 0.1) is 36.4 Å². The number of carbonyl (C=O) groups is 1. The van der Waals surface area contributed by atoms with Crippen LogP contribution in [0.1, 0.15) is 55.5 Å². The van der Waals surface area contributed by atoms with E-state index < -0.39 is 11.2 Å². The van der Waals surface area contributed by atoms with Crippen molar-refractivity contribution in [3.05, 3.63) is 65.6 Å². The van der Waals surface area contributed by atoms with E-state index in [1.807, 2.05) is 39.0 Å². The Morgan fingerprint density at radius 2 is 2.00 bits per heavy atom. The molecule has 40 heavy (non-hydrogen) atoms. The summed E-state index contributed by atoms with van der Waals surface area (Å²) in [5.41, 5.74) is 1.94. The number of nitrogens with one attached hydrogen (secondary N) is 2. The largest absolute Gasteiger partial charge is 0.341 e. The summed E-state index contributed by atoms with van der Waals surface area (Å²) in [6.07, 6.45) is 5.65. The van der Waals surface area contributed by atoms with Crippen LogP contribution in [-0.4, -0.2) is 53.8 Å². The maximum absolute atomic E-state index is 13.6. The number of ketones is 1. The van der Waals surface area contributed by atoms with Crippen LogP contribution in [0.2, 0.25) is 0 Å². The number of carbonyl (C=O) groups excluding carboxylic acids is 1. The summed E-state index contributed by atoms with van der Waals surface area (Å²) < 4.78 is 14.6. The zero-order valence-electron chi connectivity index (χ0n) is 22.7.